The average molecular weight is 942 g/mol. The third kappa shape index (κ3) is 54.4. The van der Waals surface area contributed by atoms with Crippen LogP contribution in [-0.4, -0.2) is 37.2 Å². The zero-order valence-electron chi connectivity index (χ0n) is 44.9. The summed E-state index contributed by atoms with van der Waals surface area (Å²) in [6.07, 6.45) is 67.6. The summed E-state index contributed by atoms with van der Waals surface area (Å²) in [5, 5.41) is 0. The fourth-order valence-corrected chi connectivity index (χ4v) is 8.69. The van der Waals surface area contributed by atoms with E-state index >= 15 is 0 Å². The molecule has 0 aliphatic rings. The number of carbonyl (C=O) groups is 3. The largest absolute Gasteiger partial charge is 0.462 e. The molecule has 0 heterocycles. The summed E-state index contributed by atoms with van der Waals surface area (Å²) >= 11 is 0. The molecule has 0 aromatic rings. The Balaban J connectivity index is 4.04. The summed E-state index contributed by atoms with van der Waals surface area (Å²) < 4.78 is 16.7. The number of unbranched alkanes of at least 4 members (excludes halogenated alkanes) is 37. The normalized spacial score (nSPS) is 12.2. The van der Waals surface area contributed by atoms with Gasteiger partial charge in [-0.3, -0.25) is 14.4 Å². The molecule has 0 fully saturated rings. The van der Waals surface area contributed by atoms with Gasteiger partial charge in [-0.05, 0) is 57.8 Å². The zero-order chi connectivity index (χ0) is 48.6. The number of hydrogen-bond acceptors (Lipinski definition) is 6. The molecule has 0 aromatic heterocycles. The lowest BCUT2D eigenvalue weighted by Gasteiger charge is -2.18. The van der Waals surface area contributed by atoms with Gasteiger partial charge < -0.3 is 14.2 Å². The highest BCUT2D eigenvalue weighted by Crippen LogP contribution is 2.17. The van der Waals surface area contributed by atoms with Crippen LogP contribution in [0, 0.1) is 0 Å². The van der Waals surface area contributed by atoms with Crippen LogP contribution in [0.2, 0.25) is 0 Å². The van der Waals surface area contributed by atoms with Crippen LogP contribution in [0.5, 0.6) is 0 Å². The number of carbonyl (C=O) groups excluding carboxylic acids is 3. The first-order valence-corrected chi connectivity index (χ1v) is 29.5. The van der Waals surface area contributed by atoms with Gasteiger partial charge in [-0.25, -0.2) is 0 Å². The summed E-state index contributed by atoms with van der Waals surface area (Å²) in [5.74, 6) is -0.886. The Hall–Kier alpha value is -2.37. The van der Waals surface area contributed by atoms with E-state index in [0.29, 0.717) is 19.3 Å². The lowest BCUT2D eigenvalue weighted by atomic mass is 10.0. The second-order valence-corrected chi connectivity index (χ2v) is 19.9. The highest BCUT2D eigenvalue weighted by Gasteiger charge is 2.19. The summed E-state index contributed by atoms with van der Waals surface area (Å²) in [6.45, 7) is 6.56. The molecular weight excluding hydrogens is 829 g/mol. The second kappa shape index (κ2) is 56.2. The van der Waals surface area contributed by atoms with Gasteiger partial charge in [0.1, 0.15) is 13.2 Å². The maximum Gasteiger partial charge on any atom is 0.306 e. The minimum atomic E-state index is -0.773. The number of ether oxygens (including phenoxy) is 3. The number of allylic oxidation sites excluding steroid dienone is 6. The van der Waals surface area contributed by atoms with Crippen LogP contribution in [0.25, 0.3) is 0 Å². The van der Waals surface area contributed by atoms with Crippen molar-refractivity contribution in [1.29, 1.82) is 0 Å². The highest BCUT2D eigenvalue weighted by atomic mass is 16.6. The first-order valence-electron chi connectivity index (χ1n) is 29.5. The highest BCUT2D eigenvalue weighted by molar-refractivity contribution is 5.71. The minimum absolute atomic E-state index is 0.0743. The van der Waals surface area contributed by atoms with E-state index in [0.717, 1.165) is 83.5 Å². The maximum absolute atomic E-state index is 12.8. The Morgan fingerprint density at radius 2 is 0.537 bits per heavy atom. The van der Waals surface area contributed by atoms with Crippen LogP contribution >= 0.6 is 0 Å². The summed E-state index contributed by atoms with van der Waals surface area (Å²) in [6, 6.07) is 0. The lowest BCUT2D eigenvalue weighted by molar-refractivity contribution is -0.167. The van der Waals surface area contributed by atoms with Crippen molar-refractivity contribution in [3.63, 3.8) is 0 Å². The molecule has 0 aromatic carbocycles. The second-order valence-electron chi connectivity index (χ2n) is 19.9. The van der Waals surface area contributed by atoms with E-state index in [1.807, 2.05) is 0 Å². The Morgan fingerprint density at radius 1 is 0.299 bits per heavy atom. The molecule has 0 aliphatic carbocycles. The molecule has 0 spiro atoms. The monoisotopic (exact) mass is 941 g/mol. The number of hydrogen-bond donors (Lipinski definition) is 0. The van der Waals surface area contributed by atoms with Crippen molar-refractivity contribution >= 4 is 17.9 Å². The molecular formula is C61H112O6. The molecule has 6 heteroatoms. The minimum Gasteiger partial charge on any atom is -0.462 e. The first kappa shape index (κ1) is 64.6. The van der Waals surface area contributed by atoms with E-state index in [2.05, 4.69) is 57.2 Å². The van der Waals surface area contributed by atoms with Crippen molar-refractivity contribution in [3.8, 4) is 0 Å². The van der Waals surface area contributed by atoms with E-state index in [4.69, 9.17) is 14.2 Å². The van der Waals surface area contributed by atoms with E-state index in [1.54, 1.807) is 0 Å². The van der Waals surface area contributed by atoms with Crippen molar-refractivity contribution in [2.75, 3.05) is 13.2 Å². The van der Waals surface area contributed by atoms with E-state index in [-0.39, 0.29) is 31.1 Å². The summed E-state index contributed by atoms with van der Waals surface area (Å²) in [4.78, 5) is 37.8. The molecule has 0 N–H and O–H groups in total. The third-order valence-corrected chi connectivity index (χ3v) is 13.1. The van der Waals surface area contributed by atoms with Gasteiger partial charge in [-0.1, -0.05) is 276 Å². The fourth-order valence-electron chi connectivity index (χ4n) is 8.69. The standard InChI is InChI=1S/C61H112O6/c1-4-7-10-13-15-17-19-21-23-25-27-28-29-30-31-32-34-35-37-39-41-43-45-48-51-54-60(63)66-57-58(56-65-59(62)53-50-47-12-9-6-3)67-61(64)55-52-49-46-44-42-40-38-36-33-26-24-22-20-18-16-14-11-8-5-2/h16,18,22,24,33,36,58H,4-15,17,19-21,23,25-32,34-35,37-57H2,1-3H3/b18-16-,24-22-,36-33-. The fraction of sp³-hybridized carbons (Fsp3) is 0.852. The summed E-state index contributed by atoms with van der Waals surface area (Å²) in [5.41, 5.74) is 0. The Kier molecular flexibility index (Phi) is 54.2. The lowest BCUT2D eigenvalue weighted by Crippen LogP contribution is -2.30. The van der Waals surface area contributed by atoms with Crippen LogP contribution in [0.4, 0.5) is 0 Å². The molecule has 392 valence electrons. The zero-order valence-corrected chi connectivity index (χ0v) is 44.9. The SMILES string of the molecule is CCCCC/C=C\C/C=C\C/C=C\CCCCCCCCC(=O)OC(COC(=O)CCCCCCC)COC(=O)CCCCCCCCCCCCCCCCCCCCCCCCCCC. The molecule has 6 nitrogen and oxygen atoms in total. The molecule has 1 unspecified atom stereocenters. The quantitative estimate of drug-likeness (QED) is 0.0262. The maximum atomic E-state index is 12.8. The molecule has 0 saturated carbocycles. The molecule has 0 radical (unpaired) electrons. The van der Waals surface area contributed by atoms with Crippen LogP contribution in [-0.2, 0) is 28.6 Å². The predicted octanol–water partition coefficient (Wildman–Crippen LogP) is 19.7. The van der Waals surface area contributed by atoms with Crippen molar-refractivity contribution in [2.45, 2.75) is 322 Å². The number of rotatable bonds is 54. The van der Waals surface area contributed by atoms with Crippen molar-refractivity contribution in [2.24, 2.45) is 0 Å². The van der Waals surface area contributed by atoms with Crippen LogP contribution in [0.15, 0.2) is 36.5 Å². The number of esters is 3. The summed E-state index contributed by atoms with van der Waals surface area (Å²) in [7, 11) is 0. The topological polar surface area (TPSA) is 78.9 Å². The first-order chi connectivity index (χ1) is 33.0. The Morgan fingerprint density at radius 3 is 0.866 bits per heavy atom. The Labute approximate surface area is 416 Å². The van der Waals surface area contributed by atoms with E-state index in [9.17, 15) is 14.4 Å². The van der Waals surface area contributed by atoms with Crippen LogP contribution < -0.4 is 0 Å². The molecule has 1 atom stereocenters. The van der Waals surface area contributed by atoms with Gasteiger partial charge in [0.2, 0.25) is 0 Å². The average Bonchev–Trinajstić information content (AvgIpc) is 3.33. The van der Waals surface area contributed by atoms with Gasteiger partial charge in [0, 0.05) is 19.3 Å². The Bertz CT molecular complexity index is 1130. The molecule has 0 rings (SSSR count). The molecule has 0 aliphatic heterocycles. The van der Waals surface area contributed by atoms with Crippen LogP contribution in [0.1, 0.15) is 316 Å². The van der Waals surface area contributed by atoms with Gasteiger partial charge >= 0.3 is 17.9 Å². The van der Waals surface area contributed by atoms with Gasteiger partial charge in [-0.15, -0.1) is 0 Å². The van der Waals surface area contributed by atoms with Gasteiger partial charge in [0.25, 0.3) is 0 Å². The van der Waals surface area contributed by atoms with E-state index in [1.165, 1.54) is 193 Å². The van der Waals surface area contributed by atoms with Crippen molar-refractivity contribution in [1.82, 2.24) is 0 Å². The molecule has 0 amide bonds. The third-order valence-electron chi connectivity index (χ3n) is 13.1. The molecule has 0 bridgehead atoms. The predicted molar refractivity (Wildman–Crippen MR) is 289 cm³/mol. The van der Waals surface area contributed by atoms with Gasteiger partial charge in [0.15, 0.2) is 6.10 Å². The van der Waals surface area contributed by atoms with Gasteiger partial charge in [-0.2, -0.15) is 0 Å². The van der Waals surface area contributed by atoms with Gasteiger partial charge in [0.05, 0.1) is 0 Å². The molecule has 0 saturated heterocycles. The smallest absolute Gasteiger partial charge is 0.306 e. The van der Waals surface area contributed by atoms with Crippen molar-refractivity contribution in [3.05, 3.63) is 36.5 Å². The molecule has 67 heavy (non-hydrogen) atoms. The van der Waals surface area contributed by atoms with Crippen molar-refractivity contribution < 1.29 is 28.6 Å². The van der Waals surface area contributed by atoms with Crippen LogP contribution in [0.3, 0.4) is 0 Å². The van der Waals surface area contributed by atoms with E-state index < -0.39 is 6.10 Å².